The third-order valence-electron chi connectivity index (χ3n) is 5.50. The maximum absolute atomic E-state index is 13.8. The van der Waals surface area contributed by atoms with Crippen LogP contribution in [0.3, 0.4) is 0 Å². The van der Waals surface area contributed by atoms with E-state index in [9.17, 15) is 22.8 Å². The van der Waals surface area contributed by atoms with Crippen molar-refractivity contribution >= 4 is 17.5 Å². The zero-order valence-corrected chi connectivity index (χ0v) is 16.8. The Kier molecular flexibility index (Phi) is 5.22. The van der Waals surface area contributed by atoms with Crippen LogP contribution in [0.15, 0.2) is 65.9 Å². The quantitative estimate of drug-likeness (QED) is 0.654. The number of fused-ring (bicyclic) bond motifs is 1. The van der Waals surface area contributed by atoms with Crippen molar-refractivity contribution in [3.63, 3.8) is 0 Å². The van der Waals surface area contributed by atoms with Crippen LogP contribution >= 0.6 is 0 Å². The lowest BCUT2D eigenvalue weighted by Crippen LogP contribution is -2.56. The van der Waals surface area contributed by atoms with E-state index in [0.29, 0.717) is 11.3 Å². The Morgan fingerprint density at radius 2 is 1.68 bits per heavy atom. The van der Waals surface area contributed by atoms with Gasteiger partial charge >= 0.3 is 6.18 Å². The molecule has 9 heteroatoms. The van der Waals surface area contributed by atoms with Crippen molar-refractivity contribution in [3.8, 4) is 0 Å². The van der Waals surface area contributed by atoms with Crippen LogP contribution in [-0.2, 0) is 9.59 Å². The van der Waals surface area contributed by atoms with E-state index in [1.165, 1.54) is 6.92 Å². The third kappa shape index (κ3) is 3.88. The van der Waals surface area contributed by atoms with Crippen LogP contribution in [0, 0.1) is 6.92 Å². The molecule has 0 bridgehead atoms. The molecule has 2 aliphatic heterocycles. The van der Waals surface area contributed by atoms with Crippen LogP contribution in [0.4, 0.5) is 18.9 Å². The molecule has 2 aromatic carbocycles. The Morgan fingerprint density at radius 3 is 2.29 bits per heavy atom. The van der Waals surface area contributed by atoms with Gasteiger partial charge in [-0.1, -0.05) is 48.0 Å². The monoisotopic (exact) mass is 430 g/mol. The Labute approximate surface area is 177 Å². The second kappa shape index (κ2) is 7.73. The molecule has 2 amide bonds. The highest BCUT2D eigenvalue weighted by Gasteiger charge is 2.58. The maximum Gasteiger partial charge on any atom is 0.406 e. The summed E-state index contributed by atoms with van der Waals surface area (Å²) in [5, 5.41) is 6.46. The topological polar surface area (TPSA) is 73.5 Å². The third-order valence-corrected chi connectivity index (χ3v) is 5.50. The lowest BCUT2D eigenvalue weighted by atomic mass is 9.89. The van der Waals surface area contributed by atoms with Gasteiger partial charge in [0.2, 0.25) is 0 Å². The summed E-state index contributed by atoms with van der Waals surface area (Å²) in [5.74, 6) is -2.58. The number of hydrogen-bond acceptors (Lipinski definition) is 4. The maximum atomic E-state index is 13.8. The van der Waals surface area contributed by atoms with Gasteiger partial charge in [-0.15, -0.1) is 0 Å². The van der Waals surface area contributed by atoms with E-state index in [1.54, 1.807) is 54.6 Å². The molecular formula is C22H21F3N4O2. The molecule has 0 aliphatic carbocycles. The van der Waals surface area contributed by atoms with Crippen LogP contribution in [-0.4, -0.2) is 35.2 Å². The lowest BCUT2D eigenvalue weighted by Gasteiger charge is -2.34. The summed E-state index contributed by atoms with van der Waals surface area (Å²) < 4.78 is 41.4. The van der Waals surface area contributed by atoms with Crippen molar-refractivity contribution in [2.75, 3.05) is 5.32 Å². The second-order valence-corrected chi connectivity index (χ2v) is 7.67. The summed E-state index contributed by atoms with van der Waals surface area (Å²) in [6.07, 6.45) is -5.59. The van der Waals surface area contributed by atoms with Crippen molar-refractivity contribution in [2.45, 2.75) is 38.1 Å². The van der Waals surface area contributed by atoms with Crippen LogP contribution in [0.2, 0.25) is 0 Å². The first-order valence-electron chi connectivity index (χ1n) is 9.73. The van der Waals surface area contributed by atoms with Crippen molar-refractivity contribution in [1.82, 2.24) is 15.8 Å². The highest BCUT2D eigenvalue weighted by Crippen LogP contribution is 2.41. The van der Waals surface area contributed by atoms with Crippen LogP contribution in [0.1, 0.15) is 24.0 Å². The minimum absolute atomic E-state index is 0.224. The molecule has 0 radical (unpaired) electrons. The van der Waals surface area contributed by atoms with Gasteiger partial charge in [0.1, 0.15) is 17.8 Å². The summed E-state index contributed by atoms with van der Waals surface area (Å²) in [4.78, 5) is 25.9. The number of anilines is 1. The number of carbonyl (C=O) groups excluding carboxylic acids is 2. The van der Waals surface area contributed by atoms with Crippen LogP contribution in [0.5, 0.6) is 0 Å². The number of alkyl halides is 3. The Bertz CT molecular complexity index is 1030. The number of rotatable bonds is 3. The van der Waals surface area contributed by atoms with Crippen LogP contribution in [0.25, 0.3) is 0 Å². The SMILES string of the molecule is CC1=C(C(=O)Nc2ccc(C)cc2)C(=O)N2NC(C(F)(F)F)C(c3ccccc3)C2N1. The van der Waals surface area contributed by atoms with E-state index < -0.39 is 36.1 Å². The molecule has 0 saturated carbocycles. The molecule has 2 heterocycles. The molecule has 2 aliphatic rings. The first kappa shape index (κ1) is 20.9. The number of aryl methyl sites for hydroxylation is 1. The van der Waals surface area contributed by atoms with E-state index in [1.807, 2.05) is 6.92 Å². The van der Waals surface area contributed by atoms with Gasteiger partial charge < -0.3 is 10.6 Å². The molecule has 162 valence electrons. The van der Waals surface area contributed by atoms with E-state index in [0.717, 1.165) is 10.6 Å². The van der Waals surface area contributed by atoms with Crippen molar-refractivity contribution in [3.05, 3.63) is 77.0 Å². The van der Waals surface area contributed by atoms with Gasteiger partial charge in [-0.05, 0) is 31.5 Å². The predicted octanol–water partition coefficient (Wildman–Crippen LogP) is 3.20. The lowest BCUT2D eigenvalue weighted by molar-refractivity contribution is -0.161. The first-order valence-corrected chi connectivity index (χ1v) is 9.73. The fourth-order valence-corrected chi connectivity index (χ4v) is 3.99. The summed E-state index contributed by atoms with van der Waals surface area (Å²) >= 11 is 0. The number of nitrogens with one attached hydrogen (secondary N) is 3. The van der Waals surface area contributed by atoms with Gasteiger partial charge in [0.25, 0.3) is 11.8 Å². The van der Waals surface area contributed by atoms with Gasteiger partial charge in [-0.2, -0.15) is 13.2 Å². The first-order chi connectivity index (χ1) is 14.7. The smallest absolute Gasteiger partial charge is 0.366 e. The minimum Gasteiger partial charge on any atom is -0.366 e. The Balaban J connectivity index is 1.65. The average molecular weight is 430 g/mol. The van der Waals surface area contributed by atoms with Gasteiger partial charge in [-0.3, -0.25) is 9.59 Å². The van der Waals surface area contributed by atoms with E-state index in [2.05, 4.69) is 16.1 Å². The number of nitrogens with zero attached hydrogens (tertiary/aromatic N) is 1. The molecule has 4 rings (SSSR count). The molecule has 0 spiro atoms. The predicted molar refractivity (Wildman–Crippen MR) is 108 cm³/mol. The summed E-state index contributed by atoms with van der Waals surface area (Å²) in [5.41, 5.74) is 4.19. The molecule has 0 aromatic heterocycles. The minimum atomic E-state index is -4.60. The molecule has 3 unspecified atom stereocenters. The summed E-state index contributed by atoms with van der Waals surface area (Å²) in [6.45, 7) is 3.41. The number of carbonyl (C=O) groups is 2. The molecular weight excluding hydrogens is 409 g/mol. The van der Waals surface area contributed by atoms with E-state index >= 15 is 0 Å². The number of hydrogen-bond donors (Lipinski definition) is 3. The van der Waals surface area contributed by atoms with Crippen molar-refractivity contribution in [1.29, 1.82) is 0 Å². The fourth-order valence-electron chi connectivity index (χ4n) is 3.99. The molecule has 31 heavy (non-hydrogen) atoms. The summed E-state index contributed by atoms with van der Waals surface area (Å²) in [6, 6.07) is 13.2. The van der Waals surface area contributed by atoms with Gasteiger partial charge in [0, 0.05) is 11.4 Å². The molecule has 1 saturated heterocycles. The Hall–Kier alpha value is -3.33. The van der Waals surface area contributed by atoms with Gasteiger partial charge in [0.05, 0.1) is 5.92 Å². The van der Waals surface area contributed by atoms with Crippen molar-refractivity contribution < 1.29 is 22.8 Å². The molecule has 3 atom stereocenters. The number of amides is 2. The number of benzene rings is 2. The Morgan fingerprint density at radius 1 is 1.03 bits per heavy atom. The van der Waals surface area contributed by atoms with Crippen LogP contribution < -0.4 is 16.1 Å². The largest absolute Gasteiger partial charge is 0.406 e. The average Bonchev–Trinajstić information content (AvgIpc) is 3.10. The van der Waals surface area contributed by atoms with Gasteiger partial charge in [0.15, 0.2) is 0 Å². The van der Waals surface area contributed by atoms with Crippen molar-refractivity contribution in [2.24, 2.45) is 0 Å². The normalized spacial score (nSPS) is 23.5. The zero-order chi connectivity index (χ0) is 22.3. The van der Waals surface area contributed by atoms with E-state index in [-0.39, 0.29) is 11.3 Å². The number of allylic oxidation sites excluding steroid dienone is 1. The standard InChI is InChI=1S/C22H21F3N4O2/c1-12-8-10-15(11-9-12)27-20(30)16-13(2)26-19-17(14-6-4-3-5-7-14)18(22(23,24)25)28-29(19)21(16)31/h3-11,17-19,26,28H,1-2H3,(H,27,30). The van der Waals surface area contributed by atoms with Gasteiger partial charge in [-0.25, -0.2) is 10.4 Å². The second-order valence-electron chi connectivity index (χ2n) is 7.67. The number of halogens is 3. The molecule has 2 aromatic rings. The zero-order valence-electron chi connectivity index (χ0n) is 16.8. The van der Waals surface area contributed by atoms with E-state index in [4.69, 9.17) is 0 Å². The molecule has 6 nitrogen and oxygen atoms in total. The highest BCUT2D eigenvalue weighted by atomic mass is 19.4. The number of hydrazine groups is 1. The molecule has 1 fully saturated rings. The fraction of sp³-hybridized carbons (Fsp3) is 0.273. The highest BCUT2D eigenvalue weighted by molar-refractivity contribution is 6.23. The molecule has 3 N–H and O–H groups in total. The summed E-state index contributed by atoms with van der Waals surface area (Å²) in [7, 11) is 0.